The van der Waals surface area contributed by atoms with Crippen LogP contribution < -0.4 is 10.6 Å². The van der Waals surface area contributed by atoms with Crippen LogP contribution in [0, 0.1) is 0 Å². The average molecular weight is 372 g/mol. The third-order valence-electron chi connectivity index (χ3n) is 3.57. The first-order valence-corrected chi connectivity index (χ1v) is 9.48. The Balaban J connectivity index is 1.70. The van der Waals surface area contributed by atoms with Gasteiger partial charge in [0, 0.05) is 36.4 Å². The van der Waals surface area contributed by atoms with Crippen molar-refractivity contribution in [3.63, 3.8) is 0 Å². The Kier molecular flexibility index (Phi) is 8.72. The van der Waals surface area contributed by atoms with Crippen molar-refractivity contribution in [2.24, 2.45) is 0 Å². The van der Waals surface area contributed by atoms with Crippen LogP contribution in [0.2, 0.25) is 0 Å². The summed E-state index contributed by atoms with van der Waals surface area (Å²) < 4.78 is 4.89. The molecule has 2 aromatic rings. The molecule has 0 atom stereocenters. The van der Waals surface area contributed by atoms with Crippen molar-refractivity contribution in [1.82, 2.24) is 5.32 Å². The molecule has 0 heterocycles. The first-order valence-electron chi connectivity index (χ1n) is 8.49. The van der Waals surface area contributed by atoms with E-state index in [1.54, 1.807) is 18.9 Å². The van der Waals surface area contributed by atoms with Crippen molar-refractivity contribution in [1.29, 1.82) is 0 Å². The largest absolute Gasteiger partial charge is 0.383 e. The number of carbonyl (C=O) groups is 2. The molecule has 0 unspecified atom stereocenters. The fourth-order valence-electron chi connectivity index (χ4n) is 2.25. The minimum absolute atomic E-state index is 0.0153. The summed E-state index contributed by atoms with van der Waals surface area (Å²) in [6.07, 6.45) is 0.759. The number of hydrogen-bond acceptors (Lipinski definition) is 4. The van der Waals surface area contributed by atoms with Gasteiger partial charge in [0.2, 0.25) is 11.8 Å². The van der Waals surface area contributed by atoms with E-state index in [0.717, 1.165) is 21.9 Å². The fraction of sp³-hybridized carbons (Fsp3) is 0.300. The molecule has 0 radical (unpaired) electrons. The molecule has 138 valence electrons. The monoisotopic (exact) mass is 372 g/mol. The average Bonchev–Trinajstić information content (AvgIpc) is 2.64. The SMILES string of the molecule is COCCNC(=O)Cc1ccc(NC(=O)CCSc2ccccc2)cc1. The van der Waals surface area contributed by atoms with Crippen molar-refractivity contribution in [2.45, 2.75) is 17.7 Å². The van der Waals surface area contributed by atoms with Crippen molar-refractivity contribution >= 4 is 29.3 Å². The number of rotatable bonds is 10. The molecule has 0 aliphatic carbocycles. The van der Waals surface area contributed by atoms with Gasteiger partial charge in [-0.05, 0) is 29.8 Å². The molecular weight excluding hydrogens is 348 g/mol. The standard InChI is InChI=1S/C20H24N2O3S/c1-25-13-12-21-20(24)15-16-7-9-17(10-8-16)22-19(23)11-14-26-18-5-3-2-4-6-18/h2-10H,11-15H2,1H3,(H,21,24)(H,22,23). The zero-order valence-corrected chi connectivity index (χ0v) is 15.7. The van der Waals surface area contributed by atoms with E-state index in [-0.39, 0.29) is 11.8 Å². The number of amides is 2. The zero-order valence-electron chi connectivity index (χ0n) is 14.9. The Bertz CT molecular complexity index is 690. The predicted molar refractivity (Wildman–Crippen MR) is 105 cm³/mol. The van der Waals surface area contributed by atoms with E-state index in [1.165, 1.54) is 0 Å². The smallest absolute Gasteiger partial charge is 0.225 e. The fourth-order valence-corrected chi connectivity index (χ4v) is 3.12. The van der Waals surface area contributed by atoms with Crippen LogP contribution in [0.4, 0.5) is 5.69 Å². The molecule has 0 bridgehead atoms. The van der Waals surface area contributed by atoms with Gasteiger partial charge < -0.3 is 15.4 Å². The molecule has 2 rings (SSSR count). The van der Waals surface area contributed by atoms with Crippen LogP contribution in [-0.4, -0.2) is 37.8 Å². The topological polar surface area (TPSA) is 67.4 Å². The molecule has 5 nitrogen and oxygen atoms in total. The first-order chi connectivity index (χ1) is 12.7. The van der Waals surface area contributed by atoms with Crippen LogP contribution in [0.5, 0.6) is 0 Å². The summed E-state index contributed by atoms with van der Waals surface area (Å²) >= 11 is 1.66. The molecule has 2 amide bonds. The Morgan fingerprint density at radius 1 is 1.00 bits per heavy atom. The molecule has 6 heteroatoms. The maximum atomic E-state index is 12.0. The second kappa shape index (κ2) is 11.3. The summed E-state index contributed by atoms with van der Waals surface area (Å²) in [5.41, 5.74) is 1.64. The van der Waals surface area contributed by atoms with Gasteiger partial charge in [-0.3, -0.25) is 9.59 Å². The van der Waals surface area contributed by atoms with Crippen LogP contribution in [0.3, 0.4) is 0 Å². The van der Waals surface area contributed by atoms with Crippen molar-refractivity contribution < 1.29 is 14.3 Å². The van der Waals surface area contributed by atoms with Crippen molar-refractivity contribution in [3.8, 4) is 0 Å². The molecule has 2 aromatic carbocycles. The van der Waals surface area contributed by atoms with E-state index >= 15 is 0 Å². The van der Waals surface area contributed by atoms with E-state index in [9.17, 15) is 9.59 Å². The molecular formula is C20H24N2O3S. The van der Waals surface area contributed by atoms with Gasteiger partial charge in [-0.25, -0.2) is 0 Å². The molecule has 0 aliphatic heterocycles. The van der Waals surface area contributed by atoms with Crippen molar-refractivity contribution in [3.05, 3.63) is 60.2 Å². The molecule has 0 saturated carbocycles. The lowest BCUT2D eigenvalue weighted by molar-refractivity contribution is -0.120. The third kappa shape index (κ3) is 7.72. The Morgan fingerprint density at radius 2 is 1.73 bits per heavy atom. The lowest BCUT2D eigenvalue weighted by Crippen LogP contribution is -2.28. The Morgan fingerprint density at radius 3 is 2.42 bits per heavy atom. The van der Waals surface area contributed by atoms with Gasteiger partial charge in [-0.1, -0.05) is 30.3 Å². The summed E-state index contributed by atoms with van der Waals surface area (Å²) in [7, 11) is 1.60. The molecule has 0 aromatic heterocycles. The summed E-state index contributed by atoms with van der Waals surface area (Å²) in [6.45, 7) is 1.00. The number of nitrogens with one attached hydrogen (secondary N) is 2. The molecule has 0 spiro atoms. The van der Waals surface area contributed by atoms with E-state index < -0.39 is 0 Å². The summed E-state index contributed by atoms with van der Waals surface area (Å²) in [5.74, 6) is 0.672. The lowest BCUT2D eigenvalue weighted by Gasteiger charge is -2.07. The second-order valence-electron chi connectivity index (χ2n) is 5.68. The quantitative estimate of drug-likeness (QED) is 0.497. The molecule has 2 N–H and O–H groups in total. The van der Waals surface area contributed by atoms with Gasteiger partial charge in [0.25, 0.3) is 0 Å². The predicted octanol–water partition coefficient (Wildman–Crippen LogP) is 3.11. The van der Waals surface area contributed by atoms with Crippen LogP contribution in [-0.2, 0) is 20.7 Å². The maximum absolute atomic E-state index is 12.0. The zero-order chi connectivity index (χ0) is 18.6. The van der Waals surface area contributed by atoms with Crippen molar-refractivity contribution in [2.75, 3.05) is 31.3 Å². The molecule has 0 fully saturated rings. The Hall–Kier alpha value is -2.31. The number of methoxy groups -OCH3 is 1. The number of ether oxygens (including phenoxy) is 1. The van der Waals surface area contributed by atoms with Gasteiger partial charge >= 0.3 is 0 Å². The summed E-state index contributed by atoms with van der Waals surface area (Å²) in [5, 5.41) is 5.66. The minimum atomic E-state index is -0.0447. The van der Waals surface area contributed by atoms with E-state index in [1.807, 2.05) is 54.6 Å². The number of benzene rings is 2. The van der Waals surface area contributed by atoms with E-state index in [0.29, 0.717) is 26.0 Å². The second-order valence-corrected chi connectivity index (χ2v) is 6.84. The van der Waals surface area contributed by atoms with E-state index in [4.69, 9.17) is 4.74 Å². The van der Waals surface area contributed by atoms with Crippen LogP contribution in [0.1, 0.15) is 12.0 Å². The summed E-state index contributed by atoms with van der Waals surface area (Å²) in [6, 6.07) is 17.4. The number of carbonyl (C=O) groups excluding carboxylic acids is 2. The number of anilines is 1. The van der Waals surface area contributed by atoms with E-state index in [2.05, 4.69) is 10.6 Å². The highest BCUT2D eigenvalue weighted by Crippen LogP contribution is 2.18. The minimum Gasteiger partial charge on any atom is -0.383 e. The van der Waals surface area contributed by atoms with Gasteiger partial charge in [0.15, 0.2) is 0 Å². The van der Waals surface area contributed by atoms with Crippen LogP contribution in [0.15, 0.2) is 59.5 Å². The molecule has 26 heavy (non-hydrogen) atoms. The van der Waals surface area contributed by atoms with Gasteiger partial charge in [-0.15, -0.1) is 11.8 Å². The number of hydrogen-bond donors (Lipinski definition) is 2. The molecule has 0 saturated heterocycles. The highest BCUT2D eigenvalue weighted by molar-refractivity contribution is 7.99. The first kappa shape index (κ1) is 20.0. The highest BCUT2D eigenvalue weighted by Gasteiger charge is 2.05. The van der Waals surface area contributed by atoms with Crippen LogP contribution >= 0.6 is 11.8 Å². The summed E-state index contributed by atoms with van der Waals surface area (Å²) in [4.78, 5) is 24.9. The van der Waals surface area contributed by atoms with Crippen LogP contribution in [0.25, 0.3) is 0 Å². The normalized spacial score (nSPS) is 10.3. The Labute approximate surface area is 158 Å². The third-order valence-corrected chi connectivity index (χ3v) is 4.59. The van der Waals surface area contributed by atoms with Gasteiger partial charge in [0.1, 0.15) is 0 Å². The molecule has 0 aliphatic rings. The number of thioether (sulfide) groups is 1. The highest BCUT2D eigenvalue weighted by atomic mass is 32.2. The maximum Gasteiger partial charge on any atom is 0.225 e. The van der Waals surface area contributed by atoms with Gasteiger partial charge in [0.05, 0.1) is 13.0 Å². The van der Waals surface area contributed by atoms with Gasteiger partial charge in [-0.2, -0.15) is 0 Å². The lowest BCUT2D eigenvalue weighted by atomic mass is 10.1.